The number of thiazole rings is 1. The van der Waals surface area contributed by atoms with E-state index in [1.165, 1.54) is 23.4 Å². The fourth-order valence-corrected chi connectivity index (χ4v) is 3.88. The van der Waals surface area contributed by atoms with Crippen molar-refractivity contribution in [1.29, 1.82) is 0 Å². The van der Waals surface area contributed by atoms with Crippen molar-refractivity contribution in [2.24, 2.45) is 0 Å². The Morgan fingerprint density at radius 1 is 1.24 bits per heavy atom. The minimum Gasteiger partial charge on any atom is -0.310 e. The summed E-state index contributed by atoms with van der Waals surface area (Å²) in [5.74, 6) is 0.647. The van der Waals surface area contributed by atoms with Gasteiger partial charge in [-0.25, -0.2) is 4.98 Å². The Bertz CT molecular complexity index is 627. The van der Waals surface area contributed by atoms with Crippen LogP contribution in [0.3, 0.4) is 0 Å². The topological polar surface area (TPSA) is 24.9 Å². The van der Waals surface area contributed by atoms with E-state index >= 15 is 0 Å². The third-order valence-electron chi connectivity index (χ3n) is 3.47. The van der Waals surface area contributed by atoms with Crippen molar-refractivity contribution >= 4 is 34.5 Å². The summed E-state index contributed by atoms with van der Waals surface area (Å²) in [4.78, 5) is 6.21. The van der Waals surface area contributed by atoms with Gasteiger partial charge in [0.15, 0.2) is 0 Å². The van der Waals surface area contributed by atoms with Crippen LogP contribution in [0, 0.1) is 0 Å². The Hall–Kier alpha value is -0.610. The molecule has 5 heteroatoms. The van der Waals surface area contributed by atoms with E-state index in [0.717, 1.165) is 17.1 Å². The van der Waals surface area contributed by atoms with E-state index in [4.69, 9.17) is 28.2 Å². The van der Waals surface area contributed by atoms with Crippen molar-refractivity contribution in [2.75, 3.05) is 0 Å². The Morgan fingerprint density at radius 3 is 2.48 bits per heavy atom. The molecule has 1 heterocycles. The standard InChI is InChI=1S/C16H18Cl2N2S/c1-9(2)19-8-14-15(10-3-4-10)20-16(21-14)11-5-12(17)7-13(18)6-11/h5-7,9-10,19H,3-4,8H2,1-2H3. The van der Waals surface area contributed by atoms with Crippen LogP contribution < -0.4 is 5.32 Å². The molecule has 3 rings (SSSR count). The van der Waals surface area contributed by atoms with Crippen LogP contribution >= 0.6 is 34.5 Å². The predicted octanol–water partition coefficient (Wildman–Crippen LogP) is 5.49. The van der Waals surface area contributed by atoms with Gasteiger partial charge in [-0.15, -0.1) is 11.3 Å². The summed E-state index contributed by atoms with van der Waals surface area (Å²) in [7, 11) is 0. The molecule has 1 aromatic carbocycles. The largest absolute Gasteiger partial charge is 0.310 e. The van der Waals surface area contributed by atoms with Gasteiger partial charge in [0.1, 0.15) is 5.01 Å². The molecule has 1 N–H and O–H groups in total. The number of hydrogen-bond donors (Lipinski definition) is 1. The van der Waals surface area contributed by atoms with Crippen LogP contribution in [0.4, 0.5) is 0 Å². The summed E-state index contributed by atoms with van der Waals surface area (Å²) in [6.45, 7) is 5.21. The summed E-state index contributed by atoms with van der Waals surface area (Å²) < 4.78 is 0. The normalized spacial score (nSPS) is 14.9. The highest BCUT2D eigenvalue weighted by atomic mass is 35.5. The van der Waals surface area contributed by atoms with Crippen molar-refractivity contribution in [3.05, 3.63) is 38.8 Å². The van der Waals surface area contributed by atoms with Gasteiger partial charge in [0.25, 0.3) is 0 Å². The monoisotopic (exact) mass is 340 g/mol. The number of hydrogen-bond acceptors (Lipinski definition) is 3. The second-order valence-corrected chi connectivity index (χ2v) is 7.75. The third kappa shape index (κ3) is 3.78. The van der Waals surface area contributed by atoms with Gasteiger partial charge < -0.3 is 5.32 Å². The molecule has 0 unspecified atom stereocenters. The summed E-state index contributed by atoms with van der Waals surface area (Å²) in [5.41, 5.74) is 2.27. The molecule has 0 atom stereocenters. The highest BCUT2D eigenvalue weighted by Gasteiger charge is 2.29. The maximum Gasteiger partial charge on any atom is 0.124 e. The molecule has 1 aliphatic carbocycles. The fourth-order valence-electron chi connectivity index (χ4n) is 2.26. The molecule has 0 spiro atoms. The van der Waals surface area contributed by atoms with E-state index in [1.54, 1.807) is 17.4 Å². The number of halogens is 2. The number of aromatic nitrogens is 1. The van der Waals surface area contributed by atoms with E-state index in [9.17, 15) is 0 Å². The molecule has 0 saturated heterocycles. The molecule has 112 valence electrons. The van der Waals surface area contributed by atoms with Crippen molar-refractivity contribution in [2.45, 2.75) is 45.2 Å². The van der Waals surface area contributed by atoms with Crippen molar-refractivity contribution in [3.8, 4) is 10.6 Å². The van der Waals surface area contributed by atoms with Crippen LogP contribution in [0.1, 0.15) is 43.2 Å². The van der Waals surface area contributed by atoms with Gasteiger partial charge in [0.2, 0.25) is 0 Å². The Balaban J connectivity index is 1.93. The zero-order valence-corrected chi connectivity index (χ0v) is 14.4. The molecule has 2 aromatic rings. The maximum atomic E-state index is 6.10. The number of benzene rings is 1. The molecule has 1 aliphatic rings. The first-order valence-corrected chi connectivity index (χ1v) is 8.79. The van der Waals surface area contributed by atoms with Gasteiger partial charge in [-0.1, -0.05) is 37.0 Å². The fraction of sp³-hybridized carbons (Fsp3) is 0.438. The van der Waals surface area contributed by atoms with Gasteiger partial charge in [-0.05, 0) is 31.0 Å². The van der Waals surface area contributed by atoms with E-state index < -0.39 is 0 Å². The zero-order chi connectivity index (χ0) is 15.0. The highest BCUT2D eigenvalue weighted by molar-refractivity contribution is 7.15. The van der Waals surface area contributed by atoms with Gasteiger partial charge >= 0.3 is 0 Å². The van der Waals surface area contributed by atoms with Crippen LogP contribution in [-0.2, 0) is 6.54 Å². The summed E-state index contributed by atoms with van der Waals surface area (Å²) in [6.07, 6.45) is 2.52. The number of nitrogens with zero attached hydrogens (tertiary/aromatic N) is 1. The molecule has 2 nitrogen and oxygen atoms in total. The van der Waals surface area contributed by atoms with Gasteiger partial charge in [0, 0.05) is 39.0 Å². The smallest absolute Gasteiger partial charge is 0.124 e. The van der Waals surface area contributed by atoms with Crippen molar-refractivity contribution in [3.63, 3.8) is 0 Å². The van der Waals surface area contributed by atoms with Crippen molar-refractivity contribution < 1.29 is 0 Å². The summed E-state index contributed by atoms with van der Waals surface area (Å²) in [6, 6.07) is 6.09. The minimum atomic E-state index is 0.475. The lowest BCUT2D eigenvalue weighted by molar-refractivity contribution is 0.590. The molecule has 21 heavy (non-hydrogen) atoms. The highest BCUT2D eigenvalue weighted by Crippen LogP contribution is 2.44. The van der Waals surface area contributed by atoms with Gasteiger partial charge in [-0.2, -0.15) is 0 Å². The van der Waals surface area contributed by atoms with E-state index in [-0.39, 0.29) is 0 Å². The Morgan fingerprint density at radius 2 is 1.90 bits per heavy atom. The second-order valence-electron chi connectivity index (χ2n) is 5.80. The second kappa shape index (κ2) is 6.25. The van der Waals surface area contributed by atoms with E-state index in [2.05, 4.69) is 19.2 Å². The van der Waals surface area contributed by atoms with E-state index in [1.807, 2.05) is 12.1 Å². The predicted molar refractivity (Wildman–Crippen MR) is 91.5 cm³/mol. The maximum absolute atomic E-state index is 6.10. The summed E-state index contributed by atoms with van der Waals surface area (Å²) >= 11 is 14.0. The Kier molecular flexibility index (Phi) is 4.55. The molecule has 1 saturated carbocycles. The lowest BCUT2D eigenvalue weighted by atomic mass is 10.2. The van der Waals surface area contributed by atoms with E-state index in [0.29, 0.717) is 22.0 Å². The molecular formula is C16H18Cl2N2S. The zero-order valence-electron chi connectivity index (χ0n) is 12.1. The van der Waals surface area contributed by atoms with Crippen LogP contribution in [-0.4, -0.2) is 11.0 Å². The van der Waals surface area contributed by atoms with Crippen LogP contribution in [0.15, 0.2) is 18.2 Å². The molecular weight excluding hydrogens is 323 g/mol. The summed E-state index contributed by atoms with van der Waals surface area (Å²) in [5, 5.41) is 5.82. The van der Waals surface area contributed by atoms with Gasteiger partial charge in [0.05, 0.1) is 5.69 Å². The first kappa shape index (κ1) is 15.3. The lowest BCUT2D eigenvalue weighted by Gasteiger charge is -2.07. The van der Waals surface area contributed by atoms with Crippen LogP contribution in [0.5, 0.6) is 0 Å². The van der Waals surface area contributed by atoms with Crippen LogP contribution in [0.2, 0.25) is 10.0 Å². The minimum absolute atomic E-state index is 0.475. The van der Waals surface area contributed by atoms with Crippen LogP contribution in [0.25, 0.3) is 10.6 Å². The molecule has 0 amide bonds. The van der Waals surface area contributed by atoms with Gasteiger partial charge in [-0.3, -0.25) is 0 Å². The van der Waals surface area contributed by atoms with Crippen molar-refractivity contribution in [1.82, 2.24) is 10.3 Å². The molecule has 0 aliphatic heterocycles. The molecule has 1 fully saturated rings. The number of rotatable bonds is 5. The SMILES string of the molecule is CC(C)NCc1sc(-c2cc(Cl)cc(Cl)c2)nc1C1CC1. The molecule has 0 bridgehead atoms. The number of nitrogens with one attached hydrogen (secondary N) is 1. The first-order valence-electron chi connectivity index (χ1n) is 7.22. The average molecular weight is 341 g/mol. The third-order valence-corrected chi connectivity index (χ3v) is 5.03. The molecule has 0 radical (unpaired) electrons. The quantitative estimate of drug-likeness (QED) is 0.777. The Labute approximate surface area is 139 Å². The molecule has 1 aromatic heterocycles. The first-order chi connectivity index (χ1) is 10.0. The lowest BCUT2D eigenvalue weighted by Crippen LogP contribution is -2.21. The average Bonchev–Trinajstić information content (AvgIpc) is 3.15.